The Labute approximate surface area is 157 Å². The summed E-state index contributed by atoms with van der Waals surface area (Å²) in [6.45, 7) is 4.75. The summed E-state index contributed by atoms with van der Waals surface area (Å²) < 4.78 is 44.6. The number of rotatable bonds is 3. The van der Waals surface area contributed by atoms with E-state index in [0.29, 0.717) is 24.9 Å². The van der Waals surface area contributed by atoms with E-state index in [1.165, 1.54) is 25.1 Å². The molecule has 1 unspecified atom stereocenters. The number of hydrogen-bond acceptors (Lipinski definition) is 3. The number of amides is 1. The SMILES string of the molecule is CC(Oc1ccccc1C(F)(F)F)C(=O)N1CC[C@@H]2CNC[C@@H]2CC1.Cl. The molecule has 2 heterocycles. The predicted molar refractivity (Wildman–Crippen MR) is 94.4 cm³/mol. The smallest absolute Gasteiger partial charge is 0.419 e. The van der Waals surface area contributed by atoms with Crippen LogP contribution in [-0.4, -0.2) is 43.1 Å². The van der Waals surface area contributed by atoms with Gasteiger partial charge in [0.1, 0.15) is 5.75 Å². The number of likely N-dealkylation sites (tertiary alicyclic amines) is 1. The van der Waals surface area contributed by atoms with Gasteiger partial charge in [0, 0.05) is 13.1 Å². The van der Waals surface area contributed by atoms with Gasteiger partial charge in [0.15, 0.2) is 6.10 Å². The summed E-state index contributed by atoms with van der Waals surface area (Å²) in [5.41, 5.74) is -0.855. The van der Waals surface area contributed by atoms with Crippen LogP contribution in [-0.2, 0) is 11.0 Å². The molecule has 26 heavy (non-hydrogen) atoms. The first-order valence-corrected chi connectivity index (χ1v) is 8.68. The molecule has 3 rings (SSSR count). The van der Waals surface area contributed by atoms with Crippen LogP contribution < -0.4 is 10.1 Å². The molecule has 0 aromatic heterocycles. The van der Waals surface area contributed by atoms with Gasteiger partial charge in [-0.2, -0.15) is 13.2 Å². The lowest BCUT2D eigenvalue weighted by atomic mass is 9.92. The number of ether oxygens (including phenoxy) is 1. The van der Waals surface area contributed by atoms with Crippen molar-refractivity contribution in [1.82, 2.24) is 10.2 Å². The van der Waals surface area contributed by atoms with Gasteiger partial charge in [-0.1, -0.05) is 12.1 Å². The lowest BCUT2D eigenvalue weighted by Crippen LogP contribution is -2.41. The molecule has 2 aliphatic rings. The molecule has 2 aliphatic heterocycles. The highest BCUT2D eigenvalue weighted by Crippen LogP contribution is 2.36. The predicted octanol–water partition coefficient (Wildman–Crippen LogP) is 3.35. The topological polar surface area (TPSA) is 41.6 Å². The van der Waals surface area contributed by atoms with Gasteiger partial charge in [-0.15, -0.1) is 12.4 Å². The standard InChI is InChI=1S/C18H23F3N2O2.ClH/c1-12(25-16-5-3-2-4-15(16)18(19,20)21)17(24)23-8-6-13-10-22-11-14(13)7-9-23;/h2-5,12-14,22H,6-11H2,1H3;1H/t12?,13-,14+;. The largest absolute Gasteiger partial charge is 0.480 e. The summed E-state index contributed by atoms with van der Waals surface area (Å²) in [5, 5.41) is 3.38. The van der Waals surface area contributed by atoms with Gasteiger partial charge in [-0.3, -0.25) is 4.79 Å². The lowest BCUT2D eigenvalue weighted by Gasteiger charge is -2.25. The molecule has 8 heteroatoms. The van der Waals surface area contributed by atoms with E-state index in [2.05, 4.69) is 5.32 Å². The number of hydrogen-bond donors (Lipinski definition) is 1. The van der Waals surface area contributed by atoms with Crippen LogP contribution >= 0.6 is 12.4 Å². The molecule has 4 nitrogen and oxygen atoms in total. The minimum Gasteiger partial charge on any atom is -0.480 e. The fourth-order valence-electron chi connectivity index (χ4n) is 3.74. The van der Waals surface area contributed by atoms with E-state index in [4.69, 9.17) is 4.74 Å². The molecule has 0 bridgehead atoms. The fourth-order valence-corrected chi connectivity index (χ4v) is 3.74. The van der Waals surface area contributed by atoms with Gasteiger partial charge < -0.3 is 15.0 Å². The Morgan fingerprint density at radius 3 is 2.35 bits per heavy atom. The molecule has 3 atom stereocenters. The molecule has 2 fully saturated rings. The molecule has 1 aromatic rings. The first-order valence-electron chi connectivity index (χ1n) is 8.68. The van der Waals surface area contributed by atoms with E-state index in [-0.39, 0.29) is 24.1 Å². The van der Waals surface area contributed by atoms with Gasteiger partial charge in [0.05, 0.1) is 5.56 Å². The fraction of sp³-hybridized carbons (Fsp3) is 0.611. The molecule has 0 radical (unpaired) electrons. The Balaban J connectivity index is 0.00000243. The lowest BCUT2D eigenvalue weighted by molar-refractivity contribution is -0.143. The van der Waals surface area contributed by atoms with Gasteiger partial charge in [-0.05, 0) is 56.8 Å². The third-order valence-corrected chi connectivity index (χ3v) is 5.17. The van der Waals surface area contributed by atoms with Crippen LogP contribution in [0.4, 0.5) is 13.2 Å². The number of carbonyl (C=O) groups excluding carboxylic acids is 1. The van der Waals surface area contributed by atoms with Crippen molar-refractivity contribution in [1.29, 1.82) is 0 Å². The molecule has 1 amide bonds. The zero-order valence-electron chi connectivity index (χ0n) is 14.6. The number of para-hydroxylation sites is 1. The first-order chi connectivity index (χ1) is 11.9. The van der Waals surface area contributed by atoms with Gasteiger partial charge in [-0.25, -0.2) is 0 Å². The highest BCUT2D eigenvalue weighted by atomic mass is 35.5. The van der Waals surface area contributed by atoms with Crippen molar-refractivity contribution in [2.24, 2.45) is 11.8 Å². The van der Waals surface area contributed by atoms with Crippen LogP contribution in [0, 0.1) is 11.8 Å². The monoisotopic (exact) mass is 392 g/mol. The van der Waals surface area contributed by atoms with Crippen molar-refractivity contribution in [3.63, 3.8) is 0 Å². The number of carbonyl (C=O) groups is 1. The third kappa shape index (κ3) is 4.62. The van der Waals surface area contributed by atoms with E-state index >= 15 is 0 Å². The first kappa shape index (κ1) is 20.8. The summed E-state index contributed by atoms with van der Waals surface area (Å²) in [7, 11) is 0. The van der Waals surface area contributed by atoms with E-state index in [9.17, 15) is 18.0 Å². The second-order valence-corrected chi connectivity index (χ2v) is 6.84. The van der Waals surface area contributed by atoms with E-state index < -0.39 is 17.8 Å². The number of alkyl halides is 3. The Morgan fingerprint density at radius 2 is 1.77 bits per heavy atom. The van der Waals surface area contributed by atoms with Crippen LogP contribution in [0.2, 0.25) is 0 Å². The van der Waals surface area contributed by atoms with Crippen molar-refractivity contribution >= 4 is 18.3 Å². The zero-order valence-corrected chi connectivity index (χ0v) is 15.4. The number of fused-ring (bicyclic) bond motifs is 1. The van der Waals surface area contributed by atoms with Gasteiger partial charge in [0.25, 0.3) is 5.91 Å². The second kappa shape index (κ2) is 8.48. The van der Waals surface area contributed by atoms with Crippen molar-refractivity contribution in [2.45, 2.75) is 32.0 Å². The number of nitrogens with one attached hydrogen (secondary N) is 1. The maximum atomic E-state index is 13.1. The molecule has 146 valence electrons. The van der Waals surface area contributed by atoms with Crippen molar-refractivity contribution in [3.8, 4) is 5.75 Å². The molecule has 2 saturated heterocycles. The van der Waals surface area contributed by atoms with E-state index in [1.54, 1.807) is 4.90 Å². The second-order valence-electron chi connectivity index (χ2n) is 6.84. The van der Waals surface area contributed by atoms with Crippen LogP contribution in [0.25, 0.3) is 0 Å². The molecule has 1 aromatic carbocycles. The van der Waals surface area contributed by atoms with Crippen LogP contribution in [0.3, 0.4) is 0 Å². The van der Waals surface area contributed by atoms with Gasteiger partial charge >= 0.3 is 6.18 Å². The van der Waals surface area contributed by atoms with Crippen molar-refractivity contribution < 1.29 is 22.7 Å². The average molecular weight is 393 g/mol. The Bertz CT molecular complexity index is 613. The minimum absolute atomic E-state index is 0. The summed E-state index contributed by atoms with van der Waals surface area (Å²) >= 11 is 0. The maximum Gasteiger partial charge on any atom is 0.419 e. The summed E-state index contributed by atoms with van der Waals surface area (Å²) in [4.78, 5) is 14.4. The summed E-state index contributed by atoms with van der Waals surface area (Å²) in [6, 6.07) is 5.00. The number of halogens is 4. The minimum atomic E-state index is -4.51. The van der Waals surface area contributed by atoms with Crippen molar-refractivity contribution in [3.05, 3.63) is 29.8 Å². The van der Waals surface area contributed by atoms with Crippen LogP contribution in [0.1, 0.15) is 25.3 Å². The number of nitrogens with zero attached hydrogens (tertiary/aromatic N) is 1. The van der Waals surface area contributed by atoms with Crippen LogP contribution in [0.5, 0.6) is 5.75 Å². The quantitative estimate of drug-likeness (QED) is 0.857. The number of benzene rings is 1. The molecule has 1 N–H and O–H groups in total. The molecule has 0 aliphatic carbocycles. The molecule has 0 spiro atoms. The van der Waals surface area contributed by atoms with Gasteiger partial charge in [0.2, 0.25) is 0 Å². The molecular formula is C18H24ClF3N2O2. The third-order valence-electron chi connectivity index (χ3n) is 5.17. The molecule has 0 saturated carbocycles. The summed E-state index contributed by atoms with van der Waals surface area (Å²) in [6.07, 6.45) is -3.60. The molecular weight excluding hydrogens is 369 g/mol. The van der Waals surface area contributed by atoms with Crippen molar-refractivity contribution in [2.75, 3.05) is 26.2 Å². The maximum absolute atomic E-state index is 13.1. The summed E-state index contributed by atoms with van der Waals surface area (Å²) in [5.74, 6) is 0.622. The Kier molecular flexibility index (Phi) is 6.80. The zero-order chi connectivity index (χ0) is 18.0. The Morgan fingerprint density at radius 1 is 1.19 bits per heavy atom. The van der Waals surface area contributed by atoms with E-state index in [1.807, 2.05) is 0 Å². The Hall–Kier alpha value is -1.47. The van der Waals surface area contributed by atoms with E-state index in [0.717, 1.165) is 32.0 Å². The normalized spacial score (nSPS) is 24.2. The highest BCUT2D eigenvalue weighted by molar-refractivity contribution is 5.85. The highest BCUT2D eigenvalue weighted by Gasteiger charge is 2.36. The average Bonchev–Trinajstić information content (AvgIpc) is 2.92. The van der Waals surface area contributed by atoms with Crippen LogP contribution in [0.15, 0.2) is 24.3 Å².